The lowest BCUT2D eigenvalue weighted by Crippen LogP contribution is -2.46. The van der Waals surface area contributed by atoms with Gasteiger partial charge in [0.25, 0.3) is 0 Å². The van der Waals surface area contributed by atoms with Gasteiger partial charge in [-0.25, -0.2) is 8.42 Å². The second-order valence-corrected chi connectivity index (χ2v) is 7.65. The average Bonchev–Trinajstić information content (AvgIpc) is 2.45. The van der Waals surface area contributed by atoms with E-state index >= 15 is 0 Å². The van der Waals surface area contributed by atoms with Gasteiger partial charge in [-0.1, -0.05) is 24.6 Å². The topological polar surface area (TPSA) is 55.4 Å². The van der Waals surface area contributed by atoms with E-state index in [1.54, 1.807) is 7.11 Å². The number of benzene rings is 1. The van der Waals surface area contributed by atoms with Crippen molar-refractivity contribution in [2.75, 3.05) is 19.9 Å². The Hall–Kier alpha value is -1.07. The molecule has 1 aliphatic heterocycles. The third-order valence-electron chi connectivity index (χ3n) is 4.08. The summed E-state index contributed by atoms with van der Waals surface area (Å²) >= 11 is 0. The van der Waals surface area contributed by atoms with E-state index in [1.807, 2.05) is 31.3 Å². The molecule has 5 heteroatoms. The van der Waals surface area contributed by atoms with E-state index in [4.69, 9.17) is 4.74 Å². The standard InChI is InChI=1S/C15H23NO3S/c1-16-13(15-9-5-6-10-20(15,17)18)11-12-7-3-4-8-14(12)19-2/h3-4,7-8,13,15-16H,5-6,9-11H2,1-2H3. The number of hydrogen-bond acceptors (Lipinski definition) is 4. The van der Waals surface area contributed by atoms with Gasteiger partial charge in [0.15, 0.2) is 9.84 Å². The lowest BCUT2D eigenvalue weighted by molar-refractivity contribution is 0.401. The Morgan fingerprint density at radius 2 is 2.10 bits per heavy atom. The first kappa shape index (κ1) is 15.3. The highest BCUT2D eigenvalue weighted by atomic mass is 32.2. The molecule has 2 rings (SSSR count). The third kappa shape index (κ3) is 3.33. The number of para-hydroxylation sites is 1. The van der Waals surface area contributed by atoms with Crippen LogP contribution >= 0.6 is 0 Å². The molecular formula is C15H23NO3S. The number of methoxy groups -OCH3 is 1. The molecule has 112 valence electrons. The summed E-state index contributed by atoms with van der Waals surface area (Å²) in [6.07, 6.45) is 3.21. The lowest BCUT2D eigenvalue weighted by Gasteiger charge is -2.30. The zero-order chi connectivity index (χ0) is 14.6. The summed E-state index contributed by atoms with van der Waals surface area (Å²) in [6.45, 7) is 0. The summed E-state index contributed by atoms with van der Waals surface area (Å²) in [5.41, 5.74) is 1.05. The summed E-state index contributed by atoms with van der Waals surface area (Å²) in [5.74, 6) is 1.14. The zero-order valence-electron chi connectivity index (χ0n) is 12.1. The minimum atomic E-state index is -2.98. The van der Waals surface area contributed by atoms with Gasteiger partial charge in [-0.3, -0.25) is 0 Å². The number of sulfone groups is 1. The molecular weight excluding hydrogens is 274 g/mol. The average molecular weight is 297 g/mol. The Kier molecular flexibility index (Phi) is 5.05. The van der Waals surface area contributed by atoms with E-state index in [9.17, 15) is 8.42 Å². The Bertz CT molecular complexity index is 542. The van der Waals surface area contributed by atoms with Crippen LogP contribution in [0.15, 0.2) is 24.3 Å². The smallest absolute Gasteiger partial charge is 0.154 e. The fraction of sp³-hybridized carbons (Fsp3) is 0.600. The van der Waals surface area contributed by atoms with Crippen molar-refractivity contribution in [3.05, 3.63) is 29.8 Å². The van der Waals surface area contributed by atoms with E-state index in [0.717, 1.165) is 30.6 Å². The van der Waals surface area contributed by atoms with Crippen molar-refractivity contribution in [2.45, 2.75) is 37.0 Å². The third-order valence-corrected chi connectivity index (χ3v) is 6.43. The van der Waals surface area contributed by atoms with Gasteiger partial charge in [-0.05, 0) is 37.9 Å². The molecule has 1 heterocycles. The van der Waals surface area contributed by atoms with Gasteiger partial charge >= 0.3 is 0 Å². The second kappa shape index (κ2) is 6.59. The molecule has 1 aliphatic rings. The maximum absolute atomic E-state index is 12.3. The number of nitrogens with one attached hydrogen (secondary N) is 1. The molecule has 0 saturated carbocycles. The molecule has 1 aromatic rings. The van der Waals surface area contributed by atoms with Crippen LogP contribution in [-0.4, -0.2) is 39.6 Å². The van der Waals surface area contributed by atoms with Gasteiger partial charge in [0.1, 0.15) is 5.75 Å². The van der Waals surface area contributed by atoms with Gasteiger partial charge in [-0.15, -0.1) is 0 Å². The van der Waals surface area contributed by atoms with Gasteiger partial charge in [0.2, 0.25) is 0 Å². The van der Waals surface area contributed by atoms with Crippen LogP contribution in [0.4, 0.5) is 0 Å². The van der Waals surface area contributed by atoms with Crippen LogP contribution in [0, 0.1) is 0 Å². The normalized spacial score (nSPS) is 23.2. The fourth-order valence-corrected chi connectivity index (χ4v) is 5.13. The van der Waals surface area contributed by atoms with Crippen LogP contribution in [0.1, 0.15) is 24.8 Å². The van der Waals surface area contributed by atoms with Crippen molar-refractivity contribution in [1.82, 2.24) is 5.32 Å². The molecule has 0 radical (unpaired) electrons. The lowest BCUT2D eigenvalue weighted by atomic mass is 9.99. The molecule has 2 atom stereocenters. The molecule has 4 nitrogen and oxygen atoms in total. The first-order valence-electron chi connectivity index (χ1n) is 7.09. The Labute approximate surface area is 121 Å². The summed E-state index contributed by atoms with van der Waals surface area (Å²) < 4.78 is 29.9. The molecule has 1 saturated heterocycles. The van der Waals surface area contributed by atoms with Crippen molar-refractivity contribution in [1.29, 1.82) is 0 Å². The number of ether oxygens (including phenoxy) is 1. The van der Waals surface area contributed by atoms with Crippen molar-refractivity contribution in [3.8, 4) is 5.75 Å². The van der Waals surface area contributed by atoms with E-state index < -0.39 is 9.84 Å². The number of rotatable bonds is 5. The van der Waals surface area contributed by atoms with E-state index in [2.05, 4.69) is 5.32 Å². The maximum Gasteiger partial charge on any atom is 0.154 e. The molecule has 0 aromatic heterocycles. The summed E-state index contributed by atoms with van der Waals surface area (Å²) in [6, 6.07) is 7.74. The van der Waals surface area contributed by atoms with Gasteiger partial charge in [0.05, 0.1) is 18.1 Å². The van der Waals surface area contributed by atoms with Crippen molar-refractivity contribution < 1.29 is 13.2 Å². The highest BCUT2D eigenvalue weighted by Gasteiger charge is 2.35. The summed E-state index contributed by atoms with van der Waals surface area (Å²) in [5, 5.41) is 2.91. The predicted octanol–water partition coefficient (Wildman–Crippen LogP) is 1.79. The van der Waals surface area contributed by atoms with Crippen LogP contribution < -0.4 is 10.1 Å². The van der Waals surface area contributed by atoms with Crippen LogP contribution in [0.3, 0.4) is 0 Å². The van der Waals surface area contributed by atoms with Gasteiger partial charge < -0.3 is 10.1 Å². The molecule has 1 aromatic carbocycles. The van der Waals surface area contributed by atoms with E-state index in [0.29, 0.717) is 12.2 Å². The Morgan fingerprint density at radius 3 is 2.75 bits per heavy atom. The molecule has 0 bridgehead atoms. The largest absolute Gasteiger partial charge is 0.496 e. The molecule has 2 unspecified atom stereocenters. The minimum Gasteiger partial charge on any atom is -0.496 e. The van der Waals surface area contributed by atoms with Crippen LogP contribution in [0.2, 0.25) is 0 Å². The molecule has 1 fully saturated rings. The maximum atomic E-state index is 12.3. The van der Waals surface area contributed by atoms with Crippen molar-refractivity contribution in [2.24, 2.45) is 0 Å². The first-order valence-corrected chi connectivity index (χ1v) is 8.80. The van der Waals surface area contributed by atoms with Gasteiger partial charge in [-0.2, -0.15) is 0 Å². The molecule has 0 spiro atoms. The number of likely N-dealkylation sites (N-methyl/N-ethyl adjacent to an activating group) is 1. The van der Waals surface area contributed by atoms with Crippen LogP contribution in [0.25, 0.3) is 0 Å². The second-order valence-electron chi connectivity index (χ2n) is 5.31. The van der Waals surface area contributed by atoms with Crippen LogP contribution in [-0.2, 0) is 16.3 Å². The Morgan fingerprint density at radius 1 is 1.35 bits per heavy atom. The minimum absolute atomic E-state index is 0.0587. The Balaban J connectivity index is 2.20. The first-order chi connectivity index (χ1) is 9.58. The predicted molar refractivity (Wildman–Crippen MR) is 81.0 cm³/mol. The highest BCUT2D eigenvalue weighted by molar-refractivity contribution is 7.92. The molecule has 0 aliphatic carbocycles. The van der Waals surface area contributed by atoms with Crippen LogP contribution in [0.5, 0.6) is 5.75 Å². The number of hydrogen-bond donors (Lipinski definition) is 1. The van der Waals surface area contributed by atoms with Crippen molar-refractivity contribution in [3.63, 3.8) is 0 Å². The van der Waals surface area contributed by atoms with Crippen molar-refractivity contribution >= 4 is 9.84 Å². The SMILES string of the molecule is CNC(Cc1ccccc1OC)C1CCCCS1(=O)=O. The molecule has 1 N–H and O–H groups in total. The molecule has 20 heavy (non-hydrogen) atoms. The van der Waals surface area contributed by atoms with Gasteiger partial charge in [0, 0.05) is 6.04 Å². The zero-order valence-corrected chi connectivity index (χ0v) is 12.9. The van der Waals surface area contributed by atoms with E-state index in [-0.39, 0.29) is 11.3 Å². The monoisotopic (exact) mass is 297 g/mol. The fourth-order valence-electron chi connectivity index (χ4n) is 2.96. The van der Waals surface area contributed by atoms with E-state index in [1.165, 1.54) is 0 Å². The quantitative estimate of drug-likeness (QED) is 0.900. The summed E-state index contributed by atoms with van der Waals surface area (Å²) in [4.78, 5) is 0. The molecule has 0 amide bonds. The summed E-state index contributed by atoms with van der Waals surface area (Å²) in [7, 11) is 0.503. The highest BCUT2D eigenvalue weighted by Crippen LogP contribution is 2.26.